The van der Waals surface area contributed by atoms with E-state index in [-0.39, 0.29) is 44.3 Å². The fourth-order valence-corrected chi connectivity index (χ4v) is 3.40. The fraction of sp³-hybridized carbons (Fsp3) is 0.240. The van der Waals surface area contributed by atoms with Gasteiger partial charge in [0.1, 0.15) is 17.9 Å². The normalized spacial score (nSPS) is 14.1. The first-order chi connectivity index (χ1) is 16.5. The van der Waals surface area contributed by atoms with Gasteiger partial charge in [0.15, 0.2) is 13.2 Å². The van der Waals surface area contributed by atoms with Crippen LogP contribution in [0.25, 0.3) is 11.1 Å². The Morgan fingerprint density at radius 2 is 1.85 bits per heavy atom. The molecular weight excluding hydrogens is 440 g/mol. The van der Waals surface area contributed by atoms with E-state index in [0.29, 0.717) is 17.2 Å². The Balaban J connectivity index is 2.02. The second-order valence-corrected chi connectivity index (χ2v) is 6.99. The van der Waals surface area contributed by atoms with Gasteiger partial charge in [-0.15, -0.1) is 12.8 Å². The number of ether oxygens (including phenoxy) is 4. The number of hydrogen-bond acceptors (Lipinski definition) is 9. The van der Waals surface area contributed by atoms with E-state index in [1.807, 2.05) is 0 Å². The smallest absolute Gasteiger partial charge is 0.341 e. The molecule has 1 aliphatic rings. The van der Waals surface area contributed by atoms with E-state index in [2.05, 4.69) is 16.8 Å². The summed E-state index contributed by atoms with van der Waals surface area (Å²) in [6.45, 7) is -0.529. The average molecular weight is 462 g/mol. The zero-order valence-corrected chi connectivity index (χ0v) is 18.2. The van der Waals surface area contributed by atoms with Gasteiger partial charge in [-0.3, -0.25) is 4.79 Å². The molecule has 1 unspecified atom stereocenters. The van der Waals surface area contributed by atoms with Crippen LogP contribution in [-0.4, -0.2) is 48.5 Å². The maximum absolute atomic E-state index is 12.7. The zero-order valence-electron chi connectivity index (χ0n) is 18.2. The third kappa shape index (κ3) is 5.66. The Labute approximate surface area is 196 Å². The van der Waals surface area contributed by atoms with E-state index in [9.17, 15) is 9.59 Å². The highest BCUT2D eigenvalue weighted by atomic mass is 16.5. The van der Waals surface area contributed by atoms with Crippen LogP contribution in [0.4, 0.5) is 0 Å². The first-order valence-electron chi connectivity index (χ1n) is 10.2. The lowest BCUT2D eigenvalue weighted by atomic mass is 9.84. The van der Waals surface area contributed by atoms with Crippen molar-refractivity contribution in [2.75, 3.05) is 26.4 Å². The Morgan fingerprint density at radius 1 is 1.12 bits per heavy atom. The number of terminal acetylenes is 2. The molecule has 0 saturated carbocycles. The molecule has 0 spiro atoms. The number of hydrogen-bond donors (Lipinski definition) is 2. The fourth-order valence-electron chi connectivity index (χ4n) is 3.40. The van der Waals surface area contributed by atoms with Gasteiger partial charge < -0.3 is 29.8 Å². The predicted octanol–water partition coefficient (Wildman–Crippen LogP) is 1.51. The molecule has 34 heavy (non-hydrogen) atoms. The Bertz CT molecular complexity index is 1190. The number of pyridine rings is 1. The Hall–Kier alpha value is -4.47. The van der Waals surface area contributed by atoms with Crippen LogP contribution in [0.1, 0.15) is 17.9 Å². The van der Waals surface area contributed by atoms with E-state index in [1.54, 1.807) is 36.5 Å². The molecule has 0 bridgehead atoms. The van der Waals surface area contributed by atoms with Crippen molar-refractivity contribution in [3.8, 4) is 47.4 Å². The van der Waals surface area contributed by atoms with Crippen LogP contribution < -0.4 is 15.2 Å². The summed E-state index contributed by atoms with van der Waals surface area (Å²) in [7, 11) is 0. The highest BCUT2D eigenvalue weighted by molar-refractivity contribution is 5.93. The van der Waals surface area contributed by atoms with Crippen molar-refractivity contribution in [1.82, 2.24) is 4.98 Å². The first kappa shape index (κ1) is 24.2. The minimum absolute atomic E-state index is 0.0424. The van der Waals surface area contributed by atoms with Gasteiger partial charge >= 0.3 is 11.9 Å². The number of nitrogens with two attached hydrogens (primary N) is 1. The Kier molecular flexibility index (Phi) is 8.11. The number of aliphatic hydroxyl groups excluding tert-OH is 1. The molecule has 9 nitrogen and oxygen atoms in total. The molecular formula is C25H22N2O7. The van der Waals surface area contributed by atoms with Crippen LogP contribution in [0.5, 0.6) is 11.6 Å². The van der Waals surface area contributed by atoms with Gasteiger partial charge in [0.25, 0.3) is 0 Å². The third-order valence-corrected chi connectivity index (χ3v) is 4.82. The minimum atomic E-state index is -0.828. The van der Waals surface area contributed by atoms with Crippen molar-refractivity contribution < 1.29 is 33.6 Å². The summed E-state index contributed by atoms with van der Waals surface area (Å²) in [5.74, 6) is 2.69. The topological polar surface area (TPSA) is 130 Å². The van der Waals surface area contributed by atoms with Crippen molar-refractivity contribution in [1.29, 1.82) is 0 Å². The van der Waals surface area contributed by atoms with Crippen LogP contribution in [0.3, 0.4) is 0 Å². The lowest BCUT2D eigenvalue weighted by Gasteiger charge is -2.28. The lowest BCUT2D eigenvalue weighted by molar-refractivity contribution is -0.142. The molecule has 3 rings (SSSR count). The molecule has 2 heterocycles. The van der Waals surface area contributed by atoms with Crippen molar-refractivity contribution in [2.24, 2.45) is 5.73 Å². The van der Waals surface area contributed by atoms with E-state index in [4.69, 9.17) is 42.6 Å². The van der Waals surface area contributed by atoms with E-state index < -0.39 is 17.9 Å². The second kappa shape index (κ2) is 11.4. The molecule has 0 amide bonds. The highest BCUT2D eigenvalue weighted by Crippen LogP contribution is 2.42. The van der Waals surface area contributed by atoms with Gasteiger partial charge in [0, 0.05) is 23.7 Å². The number of benzene rings is 1. The van der Waals surface area contributed by atoms with Crippen molar-refractivity contribution in [3.63, 3.8) is 0 Å². The first-order valence-corrected chi connectivity index (χ1v) is 10.2. The molecule has 1 aromatic heterocycles. The Morgan fingerprint density at radius 3 is 2.59 bits per heavy atom. The van der Waals surface area contributed by atoms with Gasteiger partial charge in [-0.2, -0.15) is 0 Å². The largest absolute Gasteiger partial charge is 0.475 e. The standard InChI is InChI=1S/C25H22N2O7/c1-3-10-32-22(29)15-19-18-13-16(17-7-8-27-21(14-17)31-12-9-28)5-6-20(18)34-24(26)23(19)25(30)33-11-4-2/h1-2,5-8,13-14,19,28H,9-12,15,26H2. The molecule has 0 radical (unpaired) electrons. The molecule has 1 atom stereocenters. The summed E-state index contributed by atoms with van der Waals surface area (Å²) in [4.78, 5) is 29.2. The zero-order chi connectivity index (χ0) is 24.5. The van der Waals surface area contributed by atoms with Gasteiger partial charge in [0.2, 0.25) is 11.8 Å². The number of fused-ring (bicyclic) bond motifs is 1. The van der Waals surface area contributed by atoms with Gasteiger partial charge in [-0.1, -0.05) is 17.9 Å². The summed E-state index contributed by atoms with van der Waals surface area (Å²) < 4.78 is 21.1. The summed E-state index contributed by atoms with van der Waals surface area (Å²) in [6, 6.07) is 8.69. The van der Waals surface area contributed by atoms with Gasteiger partial charge in [-0.05, 0) is 29.3 Å². The lowest BCUT2D eigenvalue weighted by Crippen LogP contribution is -2.28. The van der Waals surface area contributed by atoms with Crippen LogP contribution in [-0.2, 0) is 19.1 Å². The quantitative estimate of drug-likeness (QED) is 0.421. The molecule has 0 saturated heterocycles. The number of rotatable bonds is 9. The van der Waals surface area contributed by atoms with E-state index in [1.165, 1.54) is 0 Å². The molecule has 3 N–H and O–H groups in total. The van der Waals surface area contributed by atoms with Crippen molar-refractivity contribution >= 4 is 11.9 Å². The SMILES string of the molecule is C#CCOC(=O)CC1C(C(=O)OCC#C)=C(N)Oc2ccc(-c3ccnc(OCCO)c3)cc21. The number of aliphatic hydroxyl groups is 1. The second-order valence-electron chi connectivity index (χ2n) is 6.99. The minimum Gasteiger partial charge on any atom is -0.475 e. The molecule has 9 heteroatoms. The van der Waals surface area contributed by atoms with E-state index in [0.717, 1.165) is 11.1 Å². The summed E-state index contributed by atoms with van der Waals surface area (Å²) in [5, 5.41) is 8.97. The van der Waals surface area contributed by atoms with Crippen LogP contribution >= 0.6 is 0 Å². The average Bonchev–Trinajstić information content (AvgIpc) is 2.84. The van der Waals surface area contributed by atoms with Crippen molar-refractivity contribution in [2.45, 2.75) is 12.3 Å². The monoisotopic (exact) mass is 462 g/mol. The van der Waals surface area contributed by atoms with Crippen LogP contribution in [0.15, 0.2) is 48.0 Å². The molecule has 1 aliphatic heterocycles. The predicted molar refractivity (Wildman–Crippen MR) is 121 cm³/mol. The van der Waals surface area contributed by atoms with Crippen molar-refractivity contribution in [3.05, 3.63) is 53.5 Å². The molecule has 0 fully saturated rings. The number of carbonyl (C=O) groups excluding carboxylic acids is 2. The summed E-state index contributed by atoms with van der Waals surface area (Å²) in [5.41, 5.74) is 7.98. The number of carbonyl (C=O) groups is 2. The third-order valence-electron chi connectivity index (χ3n) is 4.82. The maximum Gasteiger partial charge on any atom is 0.341 e. The summed E-state index contributed by atoms with van der Waals surface area (Å²) >= 11 is 0. The number of esters is 2. The highest BCUT2D eigenvalue weighted by Gasteiger charge is 2.36. The van der Waals surface area contributed by atoms with E-state index >= 15 is 0 Å². The molecule has 0 aliphatic carbocycles. The maximum atomic E-state index is 12.7. The molecule has 174 valence electrons. The number of aromatic nitrogens is 1. The van der Waals surface area contributed by atoms with Crippen LogP contribution in [0, 0.1) is 24.7 Å². The molecule has 1 aromatic carbocycles. The molecule has 2 aromatic rings. The number of nitrogens with zero attached hydrogens (tertiary/aromatic N) is 1. The van der Waals surface area contributed by atoms with Crippen LogP contribution in [0.2, 0.25) is 0 Å². The van der Waals surface area contributed by atoms with Gasteiger partial charge in [0.05, 0.1) is 13.0 Å². The van der Waals surface area contributed by atoms with Gasteiger partial charge in [-0.25, -0.2) is 9.78 Å². The summed E-state index contributed by atoms with van der Waals surface area (Å²) in [6.07, 6.45) is 11.7.